The first kappa shape index (κ1) is 15.0. The molecule has 0 amide bonds. The van der Waals surface area contributed by atoms with Gasteiger partial charge < -0.3 is 10.2 Å². The summed E-state index contributed by atoms with van der Waals surface area (Å²) in [6.07, 6.45) is 2.74. The van der Waals surface area contributed by atoms with Gasteiger partial charge in [-0.05, 0) is 36.9 Å². The molecule has 1 saturated heterocycles. The maximum Gasteiger partial charge on any atom is 0.0234 e. The molecule has 1 atom stereocenters. The van der Waals surface area contributed by atoms with Crippen molar-refractivity contribution < 1.29 is 0 Å². The van der Waals surface area contributed by atoms with Gasteiger partial charge in [-0.3, -0.25) is 4.90 Å². The van der Waals surface area contributed by atoms with E-state index in [4.69, 9.17) is 0 Å². The molecule has 0 radical (unpaired) electrons. The van der Waals surface area contributed by atoms with Crippen molar-refractivity contribution in [1.29, 1.82) is 0 Å². The Morgan fingerprint density at radius 2 is 1.76 bits per heavy atom. The van der Waals surface area contributed by atoms with E-state index in [1.807, 2.05) is 0 Å². The Kier molecular flexibility index (Phi) is 4.94. The molecule has 1 saturated carbocycles. The summed E-state index contributed by atoms with van der Waals surface area (Å²) < 4.78 is 0. The first-order valence-electron chi connectivity index (χ1n) is 8.44. The first-order chi connectivity index (χ1) is 10.2. The third-order valence-electron chi connectivity index (χ3n) is 4.84. The third kappa shape index (κ3) is 4.53. The highest BCUT2D eigenvalue weighted by atomic mass is 15.2. The molecule has 2 fully saturated rings. The zero-order valence-corrected chi connectivity index (χ0v) is 13.5. The van der Waals surface area contributed by atoms with Crippen LogP contribution in [0.2, 0.25) is 0 Å². The maximum absolute atomic E-state index is 3.63. The third-order valence-corrected chi connectivity index (χ3v) is 4.84. The van der Waals surface area contributed by atoms with Crippen molar-refractivity contribution in [2.75, 3.05) is 39.8 Å². The van der Waals surface area contributed by atoms with Crippen molar-refractivity contribution >= 4 is 0 Å². The topological polar surface area (TPSA) is 18.5 Å². The maximum atomic E-state index is 3.63. The summed E-state index contributed by atoms with van der Waals surface area (Å²) in [5.41, 5.74) is 2.91. The molecular formula is C18H29N3. The number of piperazine rings is 1. The summed E-state index contributed by atoms with van der Waals surface area (Å²) in [4.78, 5) is 4.97. The van der Waals surface area contributed by atoms with E-state index in [9.17, 15) is 0 Å². The highest BCUT2D eigenvalue weighted by molar-refractivity contribution is 5.25. The van der Waals surface area contributed by atoms with Gasteiger partial charge in [-0.15, -0.1) is 0 Å². The summed E-state index contributed by atoms with van der Waals surface area (Å²) in [6.45, 7) is 9.32. The molecule has 1 aliphatic heterocycles. The molecular weight excluding hydrogens is 258 g/mol. The number of nitrogens with one attached hydrogen (secondary N) is 1. The highest BCUT2D eigenvalue weighted by Gasteiger charge is 2.21. The molecule has 1 heterocycles. The molecule has 0 spiro atoms. The standard InChI is InChI=1S/C18H29N3/c1-15(13-19-18-7-8-18)17-5-3-16(4-6-17)14-21-11-9-20(2)10-12-21/h3-6,15,18-19H,7-14H2,1-2H3. The Balaban J connectivity index is 1.48. The zero-order chi connectivity index (χ0) is 14.7. The Morgan fingerprint density at radius 1 is 1.10 bits per heavy atom. The van der Waals surface area contributed by atoms with Crippen LogP contribution >= 0.6 is 0 Å². The van der Waals surface area contributed by atoms with Crippen LogP contribution in [0.3, 0.4) is 0 Å². The lowest BCUT2D eigenvalue weighted by atomic mass is 9.99. The molecule has 0 aromatic heterocycles. The SMILES string of the molecule is CC(CNC1CC1)c1ccc(CN2CCN(C)CC2)cc1. The lowest BCUT2D eigenvalue weighted by Crippen LogP contribution is -2.43. The van der Waals surface area contributed by atoms with Crippen LogP contribution in [0.25, 0.3) is 0 Å². The molecule has 1 aliphatic carbocycles. The van der Waals surface area contributed by atoms with Gasteiger partial charge in [0, 0.05) is 45.3 Å². The molecule has 2 aliphatic rings. The van der Waals surface area contributed by atoms with Gasteiger partial charge in [0.25, 0.3) is 0 Å². The van der Waals surface area contributed by atoms with Gasteiger partial charge in [-0.25, -0.2) is 0 Å². The molecule has 1 N–H and O–H groups in total. The fourth-order valence-electron chi connectivity index (χ4n) is 2.96. The minimum absolute atomic E-state index is 0.614. The minimum Gasteiger partial charge on any atom is -0.313 e. The lowest BCUT2D eigenvalue weighted by molar-refractivity contribution is 0.148. The molecule has 3 nitrogen and oxygen atoms in total. The molecule has 1 aromatic rings. The molecule has 1 unspecified atom stereocenters. The Hall–Kier alpha value is -0.900. The summed E-state index contributed by atoms with van der Waals surface area (Å²) in [7, 11) is 2.21. The van der Waals surface area contributed by atoms with Gasteiger partial charge in [0.2, 0.25) is 0 Å². The van der Waals surface area contributed by atoms with Gasteiger partial charge in [-0.1, -0.05) is 31.2 Å². The van der Waals surface area contributed by atoms with Crippen molar-refractivity contribution in [3.05, 3.63) is 35.4 Å². The van der Waals surface area contributed by atoms with Crippen LogP contribution in [0, 0.1) is 0 Å². The van der Waals surface area contributed by atoms with E-state index in [0.717, 1.165) is 19.1 Å². The van der Waals surface area contributed by atoms with Crippen LogP contribution in [0.1, 0.15) is 36.8 Å². The van der Waals surface area contributed by atoms with E-state index >= 15 is 0 Å². The van der Waals surface area contributed by atoms with Gasteiger partial charge in [-0.2, -0.15) is 0 Å². The van der Waals surface area contributed by atoms with Crippen LogP contribution in [-0.4, -0.2) is 55.6 Å². The van der Waals surface area contributed by atoms with Crippen LogP contribution in [0.15, 0.2) is 24.3 Å². The normalized spacial score (nSPS) is 22.4. The second-order valence-electron chi connectivity index (χ2n) is 6.90. The van der Waals surface area contributed by atoms with Gasteiger partial charge in [0.1, 0.15) is 0 Å². The van der Waals surface area contributed by atoms with Crippen molar-refractivity contribution in [2.24, 2.45) is 0 Å². The molecule has 0 bridgehead atoms. The lowest BCUT2D eigenvalue weighted by Gasteiger charge is -2.32. The fourth-order valence-corrected chi connectivity index (χ4v) is 2.96. The summed E-state index contributed by atoms with van der Waals surface area (Å²) in [5, 5.41) is 3.63. The van der Waals surface area contributed by atoms with E-state index in [1.54, 1.807) is 0 Å². The Labute approximate surface area is 129 Å². The number of benzene rings is 1. The number of likely N-dealkylation sites (N-methyl/N-ethyl adjacent to an activating group) is 1. The quantitative estimate of drug-likeness (QED) is 0.866. The van der Waals surface area contributed by atoms with Crippen molar-refractivity contribution in [1.82, 2.24) is 15.1 Å². The average molecular weight is 287 g/mol. The van der Waals surface area contributed by atoms with E-state index < -0.39 is 0 Å². The van der Waals surface area contributed by atoms with E-state index in [2.05, 4.69) is 53.4 Å². The minimum atomic E-state index is 0.614. The Bertz CT molecular complexity index is 430. The zero-order valence-electron chi connectivity index (χ0n) is 13.5. The predicted molar refractivity (Wildman–Crippen MR) is 88.7 cm³/mol. The smallest absolute Gasteiger partial charge is 0.0234 e. The van der Waals surface area contributed by atoms with Gasteiger partial charge >= 0.3 is 0 Å². The fraction of sp³-hybridized carbons (Fsp3) is 0.667. The predicted octanol–water partition coefficient (Wildman–Crippen LogP) is 2.29. The molecule has 3 rings (SSSR count). The van der Waals surface area contributed by atoms with Crippen molar-refractivity contribution in [3.63, 3.8) is 0 Å². The summed E-state index contributed by atoms with van der Waals surface area (Å²) in [5.74, 6) is 0.614. The second kappa shape index (κ2) is 6.91. The van der Waals surface area contributed by atoms with Crippen molar-refractivity contribution in [3.8, 4) is 0 Å². The largest absolute Gasteiger partial charge is 0.313 e. The monoisotopic (exact) mass is 287 g/mol. The van der Waals surface area contributed by atoms with Crippen LogP contribution < -0.4 is 5.32 Å². The van der Waals surface area contributed by atoms with Crippen LogP contribution in [0.4, 0.5) is 0 Å². The number of hydrogen-bond donors (Lipinski definition) is 1. The Morgan fingerprint density at radius 3 is 2.38 bits per heavy atom. The summed E-state index contributed by atoms with van der Waals surface area (Å²) in [6, 6.07) is 10.1. The molecule has 1 aromatic carbocycles. The van der Waals surface area contributed by atoms with Crippen LogP contribution in [-0.2, 0) is 6.54 Å². The van der Waals surface area contributed by atoms with Crippen LogP contribution in [0.5, 0.6) is 0 Å². The number of hydrogen-bond acceptors (Lipinski definition) is 3. The van der Waals surface area contributed by atoms with E-state index in [-0.39, 0.29) is 0 Å². The van der Waals surface area contributed by atoms with Crippen molar-refractivity contribution in [2.45, 2.75) is 38.3 Å². The van der Waals surface area contributed by atoms with Gasteiger partial charge in [0.05, 0.1) is 0 Å². The summed E-state index contributed by atoms with van der Waals surface area (Å²) >= 11 is 0. The number of rotatable bonds is 6. The number of nitrogens with zero attached hydrogens (tertiary/aromatic N) is 2. The van der Waals surface area contributed by atoms with E-state index in [0.29, 0.717) is 5.92 Å². The van der Waals surface area contributed by atoms with Gasteiger partial charge in [0.15, 0.2) is 0 Å². The molecule has 116 valence electrons. The molecule has 21 heavy (non-hydrogen) atoms. The second-order valence-corrected chi connectivity index (χ2v) is 6.90. The highest BCUT2D eigenvalue weighted by Crippen LogP contribution is 2.21. The average Bonchev–Trinajstić information content (AvgIpc) is 3.32. The first-order valence-corrected chi connectivity index (χ1v) is 8.44. The van der Waals surface area contributed by atoms with E-state index in [1.165, 1.54) is 50.1 Å². The molecule has 3 heteroatoms.